The number of thiazole rings is 1. The van der Waals surface area contributed by atoms with Crippen molar-refractivity contribution >= 4 is 71.7 Å². The third-order valence-electron chi connectivity index (χ3n) is 6.99. The number of rotatable bonds is 7. The Bertz CT molecular complexity index is 1900. The van der Waals surface area contributed by atoms with E-state index in [-0.39, 0.29) is 42.1 Å². The van der Waals surface area contributed by atoms with E-state index in [1.807, 2.05) is 11.8 Å². The van der Waals surface area contributed by atoms with Crippen molar-refractivity contribution in [3.05, 3.63) is 44.9 Å². The van der Waals surface area contributed by atoms with Crippen LogP contribution in [0.5, 0.6) is 0 Å². The van der Waals surface area contributed by atoms with Crippen LogP contribution in [0.1, 0.15) is 33.7 Å². The zero-order valence-electron chi connectivity index (χ0n) is 24.6. The van der Waals surface area contributed by atoms with Crippen LogP contribution >= 0.6 is 22.9 Å². The number of carbonyl (C=O) groups is 3. The number of nitrogens with one attached hydrogen (secondary N) is 4. The first-order valence-corrected chi connectivity index (χ1v) is 18.1. The van der Waals surface area contributed by atoms with Crippen LogP contribution in [0, 0.1) is 0 Å². The largest absolute Gasteiger partial charge is 0.490 e. The van der Waals surface area contributed by atoms with Crippen molar-refractivity contribution in [2.24, 2.45) is 0 Å². The predicted molar refractivity (Wildman–Crippen MR) is 163 cm³/mol. The molecule has 15 nitrogen and oxygen atoms in total. The van der Waals surface area contributed by atoms with Crippen molar-refractivity contribution in [3.63, 3.8) is 0 Å². The van der Waals surface area contributed by atoms with Crippen molar-refractivity contribution in [1.29, 1.82) is 0 Å². The number of nitrogens with zero attached hydrogens (tertiary/aromatic N) is 3. The number of aromatic nitrogens is 2. The number of H-pyrrole nitrogens is 1. The van der Waals surface area contributed by atoms with E-state index in [1.165, 1.54) is 26.6 Å². The second kappa shape index (κ2) is 14.0. The average molecular weight is 744 g/mol. The highest BCUT2D eigenvalue weighted by Gasteiger charge is 2.40. The average Bonchev–Trinajstić information content (AvgIpc) is 3.59. The predicted octanol–water partition coefficient (Wildman–Crippen LogP) is 1.43. The lowest BCUT2D eigenvalue weighted by Gasteiger charge is -2.40. The maximum atomic E-state index is 13.6. The molecule has 2 amide bonds. The van der Waals surface area contributed by atoms with Crippen LogP contribution < -0.4 is 15.6 Å². The Morgan fingerprint density at radius 2 is 1.85 bits per heavy atom. The van der Waals surface area contributed by atoms with Crippen molar-refractivity contribution < 1.29 is 49.5 Å². The summed E-state index contributed by atoms with van der Waals surface area (Å²) in [6.07, 6.45) is -3.86. The second-order valence-electron chi connectivity index (χ2n) is 10.7. The van der Waals surface area contributed by atoms with Crippen LogP contribution in [0.3, 0.4) is 0 Å². The lowest BCUT2D eigenvalue weighted by atomic mass is 10.1. The summed E-state index contributed by atoms with van der Waals surface area (Å²) in [5, 5.41) is 11.8. The SMILES string of the molecule is CC1Cc2nc(C(=O)N3CCN(S(=O)(=O)c4cc5cc(Cl)ccc5[nH]4)CC3CC(=O)NNS(C)(=O)=O)sc2CN1.O=C(O)C(F)(F)F. The highest BCUT2D eigenvalue weighted by molar-refractivity contribution is 7.89. The molecule has 2 aliphatic heterocycles. The maximum absolute atomic E-state index is 13.6. The zero-order valence-corrected chi connectivity index (χ0v) is 27.8. The van der Waals surface area contributed by atoms with Gasteiger partial charge in [-0.15, -0.1) is 16.2 Å². The third-order valence-corrected chi connectivity index (χ3v) is 10.6. The molecule has 22 heteroatoms. The molecule has 3 aromatic rings. The van der Waals surface area contributed by atoms with Gasteiger partial charge < -0.3 is 20.3 Å². The van der Waals surface area contributed by atoms with Gasteiger partial charge in [-0.1, -0.05) is 11.6 Å². The molecule has 1 saturated heterocycles. The van der Waals surface area contributed by atoms with Gasteiger partial charge in [-0.3, -0.25) is 15.0 Å². The number of benzene rings is 1. The molecule has 2 aliphatic rings. The standard InChI is InChI=1S/C23H28ClN7O6S3.C2HF3O2/c1-13-7-18-19(11-25-13)38-22(27-18)23(33)31-6-5-30(12-16(31)10-20(32)28-29-39(2,34)35)40(36,37)21-9-14-8-15(24)3-4-17(14)26-21;3-2(4,5)1(6)7/h3-4,8-9,13,16,25-26,29H,5-7,10-12H2,1-2H3,(H,28,32);(H,6,7). The van der Waals surface area contributed by atoms with E-state index in [9.17, 15) is 39.6 Å². The number of halogens is 4. The highest BCUT2D eigenvalue weighted by atomic mass is 35.5. The summed E-state index contributed by atoms with van der Waals surface area (Å²) in [4.78, 5) is 46.9. The van der Waals surface area contributed by atoms with Gasteiger partial charge in [0.05, 0.1) is 18.0 Å². The van der Waals surface area contributed by atoms with Crippen molar-refractivity contribution in [3.8, 4) is 0 Å². The van der Waals surface area contributed by atoms with Crippen LogP contribution in [0.2, 0.25) is 5.02 Å². The molecule has 0 aliphatic carbocycles. The molecule has 1 fully saturated rings. The number of carbonyl (C=O) groups excluding carboxylic acids is 2. The summed E-state index contributed by atoms with van der Waals surface area (Å²) in [6.45, 7) is 2.46. The Kier molecular flexibility index (Phi) is 10.9. The summed E-state index contributed by atoms with van der Waals surface area (Å²) >= 11 is 7.32. The van der Waals surface area contributed by atoms with Gasteiger partial charge in [0.15, 0.2) is 5.01 Å². The van der Waals surface area contributed by atoms with Crippen LogP contribution in [0.25, 0.3) is 10.9 Å². The van der Waals surface area contributed by atoms with E-state index in [0.29, 0.717) is 28.9 Å². The summed E-state index contributed by atoms with van der Waals surface area (Å²) in [5.41, 5.74) is 3.55. The summed E-state index contributed by atoms with van der Waals surface area (Å²) in [7, 11) is -7.75. The Hall–Kier alpha value is -3.34. The number of amides is 2. The van der Waals surface area contributed by atoms with E-state index >= 15 is 0 Å². The van der Waals surface area contributed by atoms with Crippen LogP contribution in [0.4, 0.5) is 13.2 Å². The molecule has 47 heavy (non-hydrogen) atoms. The van der Waals surface area contributed by atoms with E-state index in [0.717, 1.165) is 16.8 Å². The molecule has 0 radical (unpaired) electrons. The number of hydrogen-bond donors (Lipinski definition) is 5. The van der Waals surface area contributed by atoms with Gasteiger partial charge >= 0.3 is 12.1 Å². The Morgan fingerprint density at radius 1 is 1.17 bits per heavy atom. The molecule has 1 aromatic carbocycles. The Balaban J connectivity index is 0.000000644. The first-order chi connectivity index (χ1) is 21.7. The van der Waals surface area contributed by atoms with Gasteiger partial charge in [-0.05, 0) is 31.2 Å². The van der Waals surface area contributed by atoms with Gasteiger partial charge in [0.2, 0.25) is 15.9 Å². The lowest BCUT2D eigenvalue weighted by Crippen LogP contribution is -2.58. The van der Waals surface area contributed by atoms with Crippen LogP contribution in [0.15, 0.2) is 29.3 Å². The number of hydrazine groups is 1. The van der Waals surface area contributed by atoms with E-state index < -0.39 is 50.0 Å². The van der Waals surface area contributed by atoms with E-state index in [4.69, 9.17) is 21.5 Å². The first-order valence-electron chi connectivity index (χ1n) is 13.6. The van der Waals surface area contributed by atoms with E-state index in [1.54, 1.807) is 18.2 Å². The van der Waals surface area contributed by atoms with Crippen molar-refractivity contribution in [1.82, 2.24) is 34.7 Å². The zero-order chi connectivity index (χ0) is 34.9. The fourth-order valence-corrected chi connectivity index (χ4v) is 7.74. The van der Waals surface area contributed by atoms with Gasteiger partial charge in [0, 0.05) is 65.9 Å². The van der Waals surface area contributed by atoms with Crippen molar-refractivity contribution in [2.75, 3.05) is 25.9 Å². The lowest BCUT2D eigenvalue weighted by molar-refractivity contribution is -0.192. The molecule has 2 unspecified atom stereocenters. The molecule has 2 aromatic heterocycles. The monoisotopic (exact) mass is 743 g/mol. The molecule has 0 saturated carbocycles. The molecule has 2 atom stereocenters. The number of alkyl halides is 3. The minimum atomic E-state index is -5.08. The number of fused-ring (bicyclic) bond motifs is 2. The molecule has 5 N–H and O–H groups in total. The second-order valence-corrected chi connectivity index (χ2v) is 15.9. The third kappa shape index (κ3) is 9.18. The fourth-order valence-electron chi connectivity index (χ4n) is 4.78. The minimum absolute atomic E-state index is 0.00637. The summed E-state index contributed by atoms with van der Waals surface area (Å²) in [5.74, 6) is -3.88. The molecule has 0 spiro atoms. The smallest absolute Gasteiger partial charge is 0.475 e. The number of sulfonamides is 2. The highest BCUT2D eigenvalue weighted by Crippen LogP contribution is 2.29. The first kappa shape index (κ1) is 36.5. The number of carboxylic acids is 1. The topological polar surface area (TPSA) is 211 Å². The molecule has 4 heterocycles. The van der Waals surface area contributed by atoms with Gasteiger partial charge in [-0.2, -0.15) is 17.5 Å². The number of hydrogen-bond acceptors (Lipinski definition) is 10. The van der Waals surface area contributed by atoms with Gasteiger partial charge in [0.25, 0.3) is 15.9 Å². The van der Waals surface area contributed by atoms with E-state index in [2.05, 4.69) is 20.7 Å². The number of aliphatic carboxylic acids is 1. The number of aromatic amines is 1. The number of carboxylic acid groups (broad SMARTS) is 1. The van der Waals surface area contributed by atoms with Crippen LogP contribution in [-0.2, 0) is 42.6 Å². The quantitative estimate of drug-likeness (QED) is 0.220. The summed E-state index contributed by atoms with van der Waals surface area (Å²) < 4.78 is 83.0. The van der Waals surface area contributed by atoms with Gasteiger partial charge in [-0.25, -0.2) is 26.6 Å². The minimum Gasteiger partial charge on any atom is -0.475 e. The molecule has 5 rings (SSSR count). The molecular weight excluding hydrogens is 715 g/mol. The maximum Gasteiger partial charge on any atom is 0.490 e. The Morgan fingerprint density at radius 3 is 2.49 bits per heavy atom. The molecule has 0 bridgehead atoms. The van der Waals surface area contributed by atoms with Crippen molar-refractivity contribution in [2.45, 2.75) is 49.6 Å². The molecular formula is C25H29ClF3N7O8S3. The van der Waals surface area contributed by atoms with Gasteiger partial charge in [0.1, 0.15) is 5.03 Å². The Labute approximate surface area is 275 Å². The number of piperazine rings is 1. The van der Waals surface area contributed by atoms with Crippen LogP contribution in [-0.4, -0.2) is 103 Å². The summed E-state index contributed by atoms with van der Waals surface area (Å²) in [6, 6.07) is 5.81. The normalized spacial score (nSPS) is 19.1. The fraction of sp³-hybridized carbons (Fsp3) is 0.440. The molecule has 258 valence electrons.